The van der Waals surface area contributed by atoms with E-state index in [1.807, 2.05) is 6.07 Å². The van der Waals surface area contributed by atoms with E-state index in [2.05, 4.69) is 0 Å². The fourth-order valence-corrected chi connectivity index (χ4v) is 3.41. The molecule has 6 nitrogen and oxygen atoms in total. The molecule has 0 N–H and O–H groups in total. The molecule has 2 aromatic rings. The van der Waals surface area contributed by atoms with Gasteiger partial charge in [0.15, 0.2) is 0 Å². The molecule has 2 atom stereocenters. The van der Waals surface area contributed by atoms with E-state index in [0.29, 0.717) is 5.56 Å². The fourth-order valence-electron chi connectivity index (χ4n) is 3.41. The molecular weight excluding hydrogens is 346 g/mol. The minimum atomic E-state index is -1.67. The molecule has 0 spiro atoms. The average Bonchev–Trinajstić information content (AvgIpc) is 2.65. The van der Waals surface area contributed by atoms with Crippen LogP contribution in [0.4, 0.5) is 0 Å². The van der Waals surface area contributed by atoms with E-state index in [4.69, 9.17) is 4.74 Å². The summed E-state index contributed by atoms with van der Waals surface area (Å²) in [5, 5.41) is 11.4. The number of nitro groups is 1. The lowest BCUT2D eigenvalue weighted by molar-refractivity contribution is -0.485. The van der Waals surface area contributed by atoms with Crippen LogP contribution >= 0.6 is 0 Å². The fraction of sp³-hybridized carbons (Fsp3) is 0.333. The summed E-state index contributed by atoms with van der Waals surface area (Å²) < 4.78 is 5.24. The van der Waals surface area contributed by atoms with Crippen LogP contribution < -0.4 is 0 Å². The Labute approximate surface area is 158 Å². The molecule has 2 aromatic carbocycles. The number of ether oxygens (including phenoxy) is 1. The van der Waals surface area contributed by atoms with Crippen molar-refractivity contribution in [2.45, 2.75) is 26.2 Å². The molecule has 2 rings (SSSR count). The molecule has 142 valence electrons. The third-order valence-electron chi connectivity index (χ3n) is 4.72. The van der Waals surface area contributed by atoms with Gasteiger partial charge in [-0.25, -0.2) is 0 Å². The monoisotopic (exact) mass is 369 g/mol. The van der Waals surface area contributed by atoms with Crippen LogP contribution in [0.2, 0.25) is 0 Å². The molecule has 0 saturated heterocycles. The second-order valence-corrected chi connectivity index (χ2v) is 6.39. The van der Waals surface area contributed by atoms with Crippen molar-refractivity contribution >= 4 is 11.8 Å². The van der Waals surface area contributed by atoms with E-state index in [-0.39, 0.29) is 13.0 Å². The molecule has 0 heterocycles. The first-order valence-electron chi connectivity index (χ1n) is 8.80. The van der Waals surface area contributed by atoms with Crippen LogP contribution in [0.3, 0.4) is 0 Å². The Bertz CT molecular complexity index is 791. The highest BCUT2D eigenvalue weighted by Crippen LogP contribution is 2.41. The van der Waals surface area contributed by atoms with Crippen LogP contribution in [-0.4, -0.2) is 29.8 Å². The van der Waals surface area contributed by atoms with Gasteiger partial charge in [-0.1, -0.05) is 60.7 Å². The highest BCUT2D eigenvalue weighted by molar-refractivity contribution is 6.04. The van der Waals surface area contributed by atoms with Gasteiger partial charge in [-0.15, -0.1) is 0 Å². The van der Waals surface area contributed by atoms with Gasteiger partial charge in [0.1, 0.15) is 11.2 Å². The summed E-state index contributed by atoms with van der Waals surface area (Å²) in [6, 6.07) is 17.7. The number of carbonyl (C=O) groups is 2. The maximum absolute atomic E-state index is 13.0. The number of Topliss-reactive ketones (excluding diaryl/α,β-unsaturated/α-hetero) is 1. The summed E-state index contributed by atoms with van der Waals surface area (Å²) in [7, 11) is 0. The standard InChI is InChI=1S/C21H23NO5/c1-3-27-20(24)21(16(2)23,14-17-10-6-4-7-11-17)19(15-22(25)26)18-12-8-5-9-13-18/h4-13,19H,3,14-15H2,1-2H3. The quantitative estimate of drug-likeness (QED) is 0.292. The van der Waals surface area contributed by atoms with Crippen molar-refractivity contribution in [3.8, 4) is 0 Å². The maximum Gasteiger partial charge on any atom is 0.320 e. The van der Waals surface area contributed by atoms with Gasteiger partial charge in [-0.2, -0.15) is 0 Å². The molecule has 0 radical (unpaired) electrons. The highest BCUT2D eigenvalue weighted by Gasteiger charge is 2.53. The first-order valence-corrected chi connectivity index (χ1v) is 8.80. The smallest absolute Gasteiger partial charge is 0.320 e. The lowest BCUT2D eigenvalue weighted by Gasteiger charge is -2.35. The first-order chi connectivity index (χ1) is 12.9. The van der Waals surface area contributed by atoms with E-state index in [0.717, 1.165) is 5.56 Å². The van der Waals surface area contributed by atoms with Crippen molar-refractivity contribution < 1.29 is 19.2 Å². The summed E-state index contributed by atoms with van der Waals surface area (Å²) in [6.07, 6.45) is 0.0371. The van der Waals surface area contributed by atoms with Crippen molar-refractivity contribution in [2.24, 2.45) is 5.41 Å². The number of rotatable bonds is 9. The molecule has 27 heavy (non-hydrogen) atoms. The van der Waals surface area contributed by atoms with Crippen molar-refractivity contribution in [1.29, 1.82) is 0 Å². The zero-order chi connectivity index (χ0) is 19.9. The number of benzene rings is 2. The third kappa shape index (κ3) is 4.58. The van der Waals surface area contributed by atoms with Gasteiger partial charge in [-0.05, 0) is 31.4 Å². The zero-order valence-electron chi connectivity index (χ0n) is 15.5. The van der Waals surface area contributed by atoms with Gasteiger partial charge in [0.25, 0.3) is 0 Å². The minimum absolute atomic E-state index is 0.0371. The summed E-state index contributed by atoms with van der Waals surface area (Å²) in [4.78, 5) is 36.8. The van der Waals surface area contributed by atoms with Crippen LogP contribution in [0.5, 0.6) is 0 Å². The number of hydrogen-bond acceptors (Lipinski definition) is 5. The second kappa shape index (κ2) is 9.07. The molecule has 0 fully saturated rings. The largest absolute Gasteiger partial charge is 0.465 e. The van der Waals surface area contributed by atoms with Crippen LogP contribution in [0, 0.1) is 15.5 Å². The van der Waals surface area contributed by atoms with Crippen molar-refractivity contribution in [3.63, 3.8) is 0 Å². The molecule has 0 aliphatic carbocycles. The first kappa shape index (κ1) is 20.3. The zero-order valence-corrected chi connectivity index (χ0v) is 15.5. The Balaban J connectivity index is 2.67. The van der Waals surface area contributed by atoms with Crippen molar-refractivity contribution in [1.82, 2.24) is 0 Å². The summed E-state index contributed by atoms with van der Waals surface area (Å²) >= 11 is 0. The second-order valence-electron chi connectivity index (χ2n) is 6.39. The van der Waals surface area contributed by atoms with Crippen molar-refractivity contribution in [3.05, 3.63) is 81.9 Å². The van der Waals surface area contributed by atoms with E-state index >= 15 is 0 Å². The molecular formula is C21H23NO5. The van der Waals surface area contributed by atoms with E-state index in [1.54, 1.807) is 61.5 Å². The predicted octanol–water partition coefficient (Wildman–Crippen LogP) is 3.43. The number of hydrogen-bond donors (Lipinski definition) is 0. The van der Waals surface area contributed by atoms with Gasteiger partial charge in [0.05, 0.1) is 12.5 Å². The van der Waals surface area contributed by atoms with Gasteiger partial charge in [0.2, 0.25) is 6.54 Å². The Morgan fingerprint density at radius 1 is 1.07 bits per heavy atom. The molecule has 6 heteroatoms. The van der Waals surface area contributed by atoms with Crippen LogP contribution in [0.15, 0.2) is 60.7 Å². The SMILES string of the molecule is CCOC(=O)C(Cc1ccccc1)(C(C)=O)C(C[N+](=O)[O-])c1ccccc1. The van der Waals surface area contributed by atoms with Crippen LogP contribution in [0.25, 0.3) is 0 Å². The Kier molecular flexibility index (Phi) is 6.82. The maximum atomic E-state index is 13.0. The Hall–Kier alpha value is -3.02. The number of esters is 1. The summed E-state index contributed by atoms with van der Waals surface area (Å²) in [5.41, 5.74) is -0.371. The molecule has 0 aliphatic rings. The normalized spacial score (nSPS) is 14.0. The van der Waals surface area contributed by atoms with Gasteiger partial charge < -0.3 is 4.74 Å². The molecule has 0 saturated carbocycles. The van der Waals surface area contributed by atoms with E-state index in [9.17, 15) is 19.7 Å². The topological polar surface area (TPSA) is 86.5 Å². The van der Waals surface area contributed by atoms with Crippen molar-refractivity contribution in [2.75, 3.05) is 13.2 Å². The average molecular weight is 369 g/mol. The third-order valence-corrected chi connectivity index (χ3v) is 4.72. The lowest BCUT2D eigenvalue weighted by atomic mass is 9.66. The molecule has 0 bridgehead atoms. The highest BCUT2D eigenvalue weighted by atomic mass is 16.6. The Morgan fingerprint density at radius 2 is 1.63 bits per heavy atom. The molecule has 2 unspecified atom stereocenters. The molecule has 0 aromatic heterocycles. The number of carbonyl (C=O) groups excluding carboxylic acids is 2. The summed E-state index contributed by atoms with van der Waals surface area (Å²) in [5.74, 6) is -2.11. The predicted molar refractivity (Wildman–Crippen MR) is 101 cm³/mol. The summed E-state index contributed by atoms with van der Waals surface area (Å²) in [6.45, 7) is 2.49. The van der Waals surface area contributed by atoms with Crippen LogP contribution in [-0.2, 0) is 20.7 Å². The van der Waals surface area contributed by atoms with Gasteiger partial charge in [0, 0.05) is 4.92 Å². The van der Waals surface area contributed by atoms with E-state index < -0.39 is 34.6 Å². The van der Waals surface area contributed by atoms with Gasteiger partial charge in [-0.3, -0.25) is 19.7 Å². The Morgan fingerprint density at radius 3 is 2.11 bits per heavy atom. The van der Waals surface area contributed by atoms with Gasteiger partial charge >= 0.3 is 5.97 Å². The minimum Gasteiger partial charge on any atom is -0.465 e. The molecule has 0 amide bonds. The van der Waals surface area contributed by atoms with Crippen LogP contribution in [0.1, 0.15) is 30.9 Å². The van der Waals surface area contributed by atoms with E-state index in [1.165, 1.54) is 6.92 Å². The molecule has 0 aliphatic heterocycles. The number of nitrogens with zero attached hydrogens (tertiary/aromatic N) is 1. The number of ketones is 1. The lowest BCUT2D eigenvalue weighted by Crippen LogP contribution is -2.48.